The van der Waals surface area contributed by atoms with Crippen molar-refractivity contribution in [3.05, 3.63) is 34.1 Å². The predicted octanol–water partition coefficient (Wildman–Crippen LogP) is 2.96. The van der Waals surface area contributed by atoms with Crippen LogP contribution in [0.5, 0.6) is 0 Å². The Morgan fingerprint density at radius 1 is 1.44 bits per heavy atom. The normalized spacial score (nSPS) is 12.7. The van der Waals surface area contributed by atoms with E-state index in [1.807, 2.05) is 32.2 Å². The molecule has 0 bridgehead atoms. The number of nitrogens with zero attached hydrogens (tertiary/aromatic N) is 2. The minimum absolute atomic E-state index is 0.322. The van der Waals surface area contributed by atoms with Crippen LogP contribution in [-0.4, -0.2) is 23.2 Å². The van der Waals surface area contributed by atoms with E-state index in [4.69, 9.17) is 4.52 Å². The summed E-state index contributed by atoms with van der Waals surface area (Å²) < 4.78 is 6.30. The summed E-state index contributed by atoms with van der Waals surface area (Å²) in [6.07, 6.45) is 0.733. The molecule has 2 aromatic rings. The Labute approximate surface area is 115 Å². The van der Waals surface area contributed by atoms with Gasteiger partial charge in [-0.15, -0.1) is 0 Å². The molecule has 0 saturated heterocycles. The van der Waals surface area contributed by atoms with Crippen LogP contribution in [-0.2, 0) is 6.42 Å². The maximum Gasteiger partial charge on any atom is 0.228 e. The summed E-state index contributed by atoms with van der Waals surface area (Å²) in [4.78, 5) is 4.40. The predicted molar refractivity (Wildman–Crippen MR) is 74.4 cm³/mol. The van der Waals surface area contributed by atoms with Gasteiger partial charge >= 0.3 is 0 Å². The Hall–Kier alpha value is -1.20. The first kappa shape index (κ1) is 13.2. The monoisotopic (exact) mass is 309 g/mol. The number of likely N-dealkylation sites (N-methyl/N-ethyl adjacent to an activating group) is 1. The lowest BCUT2D eigenvalue weighted by molar-refractivity contribution is 0.365. The molecule has 96 valence electrons. The Bertz CT molecular complexity index is 539. The third-order valence-corrected chi connectivity index (χ3v) is 3.73. The molecule has 1 aromatic heterocycles. The zero-order chi connectivity index (χ0) is 13.1. The fourth-order valence-electron chi connectivity index (χ4n) is 1.55. The first-order chi connectivity index (χ1) is 8.60. The topological polar surface area (TPSA) is 51.0 Å². The number of hydrogen-bond acceptors (Lipinski definition) is 4. The Kier molecular flexibility index (Phi) is 4.14. The molecule has 0 saturated carbocycles. The van der Waals surface area contributed by atoms with Crippen molar-refractivity contribution >= 4 is 15.9 Å². The Balaban J connectivity index is 2.21. The summed E-state index contributed by atoms with van der Waals surface area (Å²) >= 11 is 3.51. The van der Waals surface area contributed by atoms with Gasteiger partial charge in [-0.25, -0.2) is 0 Å². The molecule has 1 heterocycles. The molecule has 18 heavy (non-hydrogen) atoms. The summed E-state index contributed by atoms with van der Waals surface area (Å²) in [5.74, 6) is 1.29. The molecule has 4 nitrogen and oxygen atoms in total. The molecule has 5 heteroatoms. The van der Waals surface area contributed by atoms with E-state index in [0.29, 0.717) is 17.8 Å². The van der Waals surface area contributed by atoms with Crippen LogP contribution in [0.4, 0.5) is 0 Å². The van der Waals surface area contributed by atoms with Gasteiger partial charge in [0.15, 0.2) is 0 Å². The molecular formula is C13H16BrN3O. The number of rotatable bonds is 4. The van der Waals surface area contributed by atoms with Crippen LogP contribution in [0.1, 0.15) is 18.4 Å². The first-order valence-corrected chi connectivity index (χ1v) is 6.66. The van der Waals surface area contributed by atoms with Crippen LogP contribution in [0.15, 0.2) is 27.2 Å². The van der Waals surface area contributed by atoms with Crippen molar-refractivity contribution in [1.29, 1.82) is 0 Å². The maximum absolute atomic E-state index is 5.25. The smallest absolute Gasteiger partial charge is 0.228 e. The Morgan fingerprint density at radius 2 is 2.22 bits per heavy atom. The summed E-state index contributed by atoms with van der Waals surface area (Å²) in [7, 11) is 1.92. The minimum atomic E-state index is 0.322. The van der Waals surface area contributed by atoms with E-state index in [9.17, 15) is 0 Å². The summed E-state index contributed by atoms with van der Waals surface area (Å²) in [6.45, 7) is 4.12. The highest BCUT2D eigenvalue weighted by Gasteiger charge is 2.11. The van der Waals surface area contributed by atoms with Gasteiger partial charge in [0.2, 0.25) is 11.7 Å². The van der Waals surface area contributed by atoms with Crippen LogP contribution in [0, 0.1) is 6.92 Å². The molecule has 1 aromatic carbocycles. The molecule has 0 aliphatic heterocycles. The van der Waals surface area contributed by atoms with E-state index in [-0.39, 0.29) is 0 Å². The number of aryl methyl sites for hydroxylation is 1. The maximum atomic E-state index is 5.25. The molecule has 1 unspecified atom stereocenters. The van der Waals surface area contributed by atoms with Crippen LogP contribution in [0.25, 0.3) is 11.4 Å². The van der Waals surface area contributed by atoms with Crippen molar-refractivity contribution in [1.82, 2.24) is 15.5 Å². The van der Waals surface area contributed by atoms with Gasteiger partial charge in [0.25, 0.3) is 0 Å². The summed E-state index contributed by atoms with van der Waals surface area (Å²) in [5.41, 5.74) is 2.14. The molecule has 0 aliphatic carbocycles. The van der Waals surface area contributed by atoms with Gasteiger partial charge in [-0.1, -0.05) is 33.2 Å². The van der Waals surface area contributed by atoms with E-state index in [2.05, 4.69) is 38.3 Å². The zero-order valence-corrected chi connectivity index (χ0v) is 12.3. The second-order valence-electron chi connectivity index (χ2n) is 4.37. The summed E-state index contributed by atoms with van der Waals surface area (Å²) in [5, 5.41) is 7.15. The molecule has 0 spiro atoms. The van der Waals surface area contributed by atoms with Crippen LogP contribution < -0.4 is 5.32 Å². The van der Waals surface area contributed by atoms with E-state index in [1.165, 1.54) is 5.56 Å². The molecule has 0 radical (unpaired) electrons. The number of halogens is 1. The fraction of sp³-hybridized carbons (Fsp3) is 0.385. The average Bonchev–Trinajstić information content (AvgIpc) is 2.81. The van der Waals surface area contributed by atoms with Gasteiger partial charge in [0.05, 0.1) is 0 Å². The number of hydrogen-bond donors (Lipinski definition) is 1. The lowest BCUT2D eigenvalue weighted by Crippen LogP contribution is -2.23. The van der Waals surface area contributed by atoms with Crippen LogP contribution in [0.2, 0.25) is 0 Å². The lowest BCUT2D eigenvalue weighted by atomic mass is 10.1. The van der Waals surface area contributed by atoms with Crippen molar-refractivity contribution in [2.45, 2.75) is 26.3 Å². The molecular weight excluding hydrogens is 294 g/mol. The van der Waals surface area contributed by atoms with E-state index in [0.717, 1.165) is 16.5 Å². The van der Waals surface area contributed by atoms with Crippen LogP contribution in [0.3, 0.4) is 0 Å². The molecule has 0 amide bonds. The van der Waals surface area contributed by atoms with Gasteiger partial charge in [-0.05, 0) is 32.5 Å². The highest BCUT2D eigenvalue weighted by molar-refractivity contribution is 9.10. The molecule has 1 N–H and O–H groups in total. The molecule has 0 aliphatic rings. The van der Waals surface area contributed by atoms with E-state index < -0.39 is 0 Å². The van der Waals surface area contributed by atoms with Gasteiger partial charge in [-0.2, -0.15) is 4.98 Å². The van der Waals surface area contributed by atoms with Crippen molar-refractivity contribution in [3.63, 3.8) is 0 Å². The zero-order valence-electron chi connectivity index (χ0n) is 10.7. The third kappa shape index (κ3) is 2.97. The highest BCUT2D eigenvalue weighted by Crippen LogP contribution is 2.23. The second kappa shape index (κ2) is 5.63. The molecule has 0 fully saturated rings. The highest BCUT2D eigenvalue weighted by atomic mass is 79.9. The van der Waals surface area contributed by atoms with Gasteiger partial charge in [0.1, 0.15) is 0 Å². The number of nitrogens with one attached hydrogen (secondary N) is 1. The van der Waals surface area contributed by atoms with Crippen molar-refractivity contribution in [3.8, 4) is 11.4 Å². The SMILES string of the molecule is CNC(C)Cc1nc(-c2ccc(C)c(Br)c2)no1. The van der Waals surface area contributed by atoms with Gasteiger partial charge in [0, 0.05) is 22.5 Å². The van der Waals surface area contributed by atoms with Gasteiger partial charge in [-0.3, -0.25) is 0 Å². The average molecular weight is 310 g/mol. The number of benzene rings is 1. The van der Waals surface area contributed by atoms with E-state index in [1.54, 1.807) is 0 Å². The van der Waals surface area contributed by atoms with E-state index >= 15 is 0 Å². The minimum Gasteiger partial charge on any atom is -0.339 e. The number of aromatic nitrogens is 2. The molecule has 1 atom stereocenters. The quantitative estimate of drug-likeness (QED) is 0.943. The van der Waals surface area contributed by atoms with Crippen molar-refractivity contribution < 1.29 is 4.52 Å². The van der Waals surface area contributed by atoms with Gasteiger partial charge < -0.3 is 9.84 Å². The van der Waals surface area contributed by atoms with Crippen molar-refractivity contribution in [2.75, 3.05) is 7.05 Å². The largest absolute Gasteiger partial charge is 0.339 e. The molecule has 2 rings (SSSR count). The third-order valence-electron chi connectivity index (χ3n) is 2.87. The first-order valence-electron chi connectivity index (χ1n) is 5.86. The fourth-order valence-corrected chi connectivity index (χ4v) is 1.93. The second-order valence-corrected chi connectivity index (χ2v) is 5.22. The van der Waals surface area contributed by atoms with Crippen molar-refractivity contribution in [2.24, 2.45) is 0 Å². The van der Waals surface area contributed by atoms with Crippen LogP contribution >= 0.6 is 15.9 Å². The lowest BCUT2D eigenvalue weighted by Gasteiger charge is -2.04. The Morgan fingerprint density at radius 3 is 2.89 bits per heavy atom. The standard InChI is InChI=1S/C13H16BrN3O/c1-8-4-5-10(7-11(8)14)13-16-12(18-17-13)6-9(2)15-3/h4-5,7,9,15H,6H2,1-3H3. The summed E-state index contributed by atoms with van der Waals surface area (Å²) in [6, 6.07) is 6.36.